The molecule has 0 radical (unpaired) electrons. The molecule has 188 valence electrons. The van der Waals surface area contributed by atoms with Crippen molar-refractivity contribution < 1.29 is 0 Å². The van der Waals surface area contributed by atoms with Crippen LogP contribution in [0.15, 0.2) is 146 Å². The Balaban J connectivity index is 1.23. The lowest BCUT2D eigenvalue weighted by atomic mass is 9.77. The Morgan fingerprint density at radius 3 is 1.57 bits per heavy atom. The van der Waals surface area contributed by atoms with Crippen LogP contribution in [0.3, 0.4) is 0 Å². The molecule has 0 N–H and O–H groups in total. The van der Waals surface area contributed by atoms with Crippen LogP contribution in [0.25, 0.3) is 54.9 Å². The maximum atomic E-state index is 2.38. The van der Waals surface area contributed by atoms with Gasteiger partial charge in [-0.1, -0.05) is 78.9 Å². The van der Waals surface area contributed by atoms with Crippen molar-refractivity contribution in [1.82, 2.24) is 0 Å². The molecule has 1 nitrogen and oxygen atoms in total. The van der Waals surface area contributed by atoms with E-state index < -0.39 is 0 Å². The zero-order valence-electron chi connectivity index (χ0n) is 22.3. The Morgan fingerprint density at radius 2 is 0.900 bits per heavy atom. The van der Waals surface area contributed by atoms with Crippen LogP contribution < -0.4 is 4.90 Å². The van der Waals surface area contributed by atoms with Gasteiger partial charge in [-0.2, -0.15) is 0 Å². The van der Waals surface area contributed by atoms with Gasteiger partial charge in [0.15, 0.2) is 0 Å². The molecule has 0 saturated carbocycles. The van der Waals surface area contributed by atoms with Crippen molar-refractivity contribution in [3.8, 4) is 33.4 Å². The third kappa shape index (κ3) is 3.71. The molecule has 0 spiro atoms. The monoisotopic (exact) mass is 509 g/mol. The molecule has 0 aromatic heterocycles. The van der Waals surface area contributed by atoms with E-state index in [4.69, 9.17) is 0 Å². The van der Waals surface area contributed by atoms with E-state index in [2.05, 4.69) is 157 Å². The number of fused-ring (bicyclic) bond motifs is 6. The summed E-state index contributed by atoms with van der Waals surface area (Å²) in [5, 5.41) is 5.10. The Morgan fingerprint density at radius 1 is 0.350 bits per heavy atom. The quantitative estimate of drug-likeness (QED) is 0.228. The zero-order chi connectivity index (χ0) is 26.6. The second-order valence-corrected chi connectivity index (χ2v) is 10.8. The smallest absolute Gasteiger partial charge is 0.0468 e. The molecule has 0 saturated heterocycles. The molecule has 1 aliphatic rings. The lowest BCUT2D eigenvalue weighted by Crippen LogP contribution is -2.10. The van der Waals surface area contributed by atoms with Crippen LogP contribution in [0.2, 0.25) is 0 Å². The number of rotatable bonds is 4. The largest absolute Gasteiger partial charge is 0.310 e. The van der Waals surface area contributed by atoms with Gasteiger partial charge in [-0.05, 0) is 134 Å². The number of hydrogen-bond donors (Lipinski definition) is 0. The summed E-state index contributed by atoms with van der Waals surface area (Å²) < 4.78 is 0. The normalized spacial score (nSPS) is 11.6. The molecule has 8 rings (SSSR count). The van der Waals surface area contributed by atoms with Gasteiger partial charge in [0.05, 0.1) is 0 Å². The van der Waals surface area contributed by atoms with Gasteiger partial charge in [0.2, 0.25) is 0 Å². The third-order valence-corrected chi connectivity index (χ3v) is 8.16. The molecule has 0 unspecified atom stereocenters. The van der Waals surface area contributed by atoms with Gasteiger partial charge >= 0.3 is 0 Å². The van der Waals surface area contributed by atoms with E-state index in [9.17, 15) is 0 Å². The molecule has 7 aromatic rings. The van der Waals surface area contributed by atoms with Crippen molar-refractivity contribution in [2.75, 3.05) is 4.90 Å². The Kier molecular flexibility index (Phi) is 5.11. The number of para-hydroxylation sites is 1. The van der Waals surface area contributed by atoms with E-state index >= 15 is 0 Å². The van der Waals surface area contributed by atoms with Gasteiger partial charge in [0.1, 0.15) is 0 Å². The predicted molar refractivity (Wildman–Crippen MR) is 171 cm³/mol. The molecule has 0 bridgehead atoms. The molecule has 0 atom stereocenters. The molecular weight excluding hydrogens is 482 g/mol. The van der Waals surface area contributed by atoms with E-state index in [1.54, 1.807) is 0 Å². The lowest BCUT2D eigenvalue weighted by molar-refractivity contribution is 1.28. The lowest BCUT2D eigenvalue weighted by Gasteiger charge is -2.28. The van der Waals surface area contributed by atoms with E-state index in [1.807, 2.05) is 0 Å². The first-order valence-electron chi connectivity index (χ1n) is 13.8. The fourth-order valence-corrected chi connectivity index (χ4v) is 6.15. The highest BCUT2D eigenvalue weighted by Gasteiger charge is 2.24. The minimum Gasteiger partial charge on any atom is -0.310 e. The fourth-order valence-electron chi connectivity index (χ4n) is 6.15. The SMILES string of the molecule is Cc1cccc(N(c2ccccc2)c2ccc3cc4c(cc3c2)-c2cc3cc(-c5ccccc5)ccc3cc2-4)c1. The van der Waals surface area contributed by atoms with Crippen LogP contribution in [-0.2, 0) is 0 Å². The van der Waals surface area contributed by atoms with Crippen molar-refractivity contribution in [3.05, 3.63) is 151 Å². The molecule has 0 aliphatic heterocycles. The van der Waals surface area contributed by atoms with E-state index in [-0.39, 0.29) is 0 Å². The summed E-state index contributed by atoms with van der Waals surface area (Å²) in [7, 11) is 0. The van der Waals surface area contributed by atoms with Gasteiger partial charge in [-0.15, -0.1) is 0 Å². The minimum atomic E-state index is 1.16. The third-order valence-electron chi connectivity index (χ3n) is 8.16. The molecule has 7 aromatic carbocycles. The van der Waals surface area contributed by atoms with Gasteiger partial charge in [0.25, 0.3) is 0 Å². The van der Waals surface area contributed by atoms with Gasteiger partial charge in [0, 0.05) is 17.1 Å². The van der Waals surface area contributed by atoms with Crippen LogP contribution in [0.5, 0.6) is 0 Å². The Hall–Kier alpha value is -5.14. The maximum absolute atomic E-state index is 2.38. The summed E-state index contributed by atoms with van der Waals surface area (Å²) in [5.41, 5.74) is 12.6. The summed E-state index contributed by atoms with van der Waals surface area (Å²) in [6.07, 6.45) is 0. The van der Waals surface area contributed by atoms with Crippen LogP contribution in [0, 0.1) is 6.92 Å². The van der Waals surface area contributed by atoms with Crippen LogP contribution >= 0.6 is 0 Å². The second kappa shape index (κ2) is 8.97. The van der Waals surface area contributed by atoms with Crippen molar-refractivity contribution >= 4 is 38.6 Å². The predicted octanol–water partition coefficient (Wildman–Crippen LogP) is 11.1. The number of nitrogens with zero attached hydrogens (tertiary/aromatic N) is 1. The fraction of sp³-hybridized carbons (Fsp3) is 0.0256. The summed E-state index contributed by atoms with van der Waals surface area (Å²) >= 11 is 0. The molecule has 0 fully saturated rings. The van der Waals surface area contributed by atoms with E-state index in [0.29, 0.717) is 0 Å². The first kappa shape index (κ1) is 22.8. The molecule has 0 heterocycles. The molecule has 40 heavy (non-hydrogen) atoms. The summed E-state index contributed by atoms with van der Waals surface area (Å²) in [6, 6.07) is 53.1. The summed E-state index contributed by atoms with van der Waals surface area (Å²) in [6.45, 7) is 2.15. The topological polar surface area (TPSA) is 3.24 Å². The van der Waals surface area contributed by atoms with E-state index in [1.165, 1.54) is 66.2 Å². The zero-order valence-corrected chi connectivity index (χ0v) is 22.3. The van der Waals surface area contributed by atoms with Gasteiger partial charge < -0.3 is 4.90 Å². The van der Waals surface area contributed by atoms with Gasteiger partial charge in [-0.25, -0.2) is 0 Å². The van der Waals surface area contributed by atoms with Gasteiger partial charge in [-0.3, -0.25) is 0 Å². The number of hydrogen-bond acceptors (Lipinski definition) is 1. The number of anilines is 3. The summed E-state index contributed by atoms with van der Waals surface area (Å²) in [5.74, 6) is 0. The molecule has 0 amide bonds. The highest BCUT2D eigenvalue weighted by molar-refractivity contribution is 6.12. The Bertz CT molecular complexity index is 2060. The van der Waals surface area contributed by atoms with Crippen molar-refractivity contribution in [2.24, 2.45) is 0 Å². The van der Waals surface area contributed by atoms with Crippen molar-refractivity contribution in [3.63, 3.8) is 0 Å². The van der Waals surface area contributed by atoms with Crippen LogP contribution in [-0.4, -0.2) is 0 Å². The highest BCUT2D eigenvalue weighted by Crippen LogP contribution is 2.51. The van der Waals surface area contributed by atoms with Crippen LogP contribution in [0.1, 0.15) is 5.56 Å². The highest BCUT2D eigenvalue weighted by atomic mass is 15.1. The van der Waals surface area contributed by atoms with Crippen molar-refractivity contribution in [2.45, 2.75) is 6.92 Å². The maximum Gasteiger partial charge on any atom is 0.0468 e. The average Bonchev–Trinajstić information content (AvgIpc) is 3.00. The van der Waals surface area contributed by atoms with E-state index in [0.717, 1.165) is 11.4 Å². The first-order chi connectivity index (χ1) is 19.7. The average molecular weight is 510 g/mol. The number of aryl methyl sites for hydroxylation is 1. The second-order valence-electron chi connectivity index (χ2n) is 10.8. The summed E-state index contributed by atoms with van der Waals surface area (Å²) in [4.78, 5) is 2.35. The molecular formula is C39H27N. The number of benzene rings is 7. The molecule has 1 aliphatic carbocycles. The minimum absolute atomic E-state index is 1.16. The molecule has 1 heteroatoms. The van der Waals surface area contributed by atoms with Crippen molar-refractivity contribution in [1.29, 1.82) is 0 Å². The van der Waals surface area contributed by atoms with Crippen LogP contribution in [0.4, 0.5) is 17.1 Å². The Labute approximate surface area is 234 Å². The standard InChI is InChI=1S/C39H27N/c1-26-9-8-14-34(19-26)40(33-12-6-3-7-13-33)35-18-17-30-23-37-36-22-29-16-15-28(27-10-4-2-5-11-27)20-31(29)24-38(36)39(37)25-32(30)21-35/h2-25H,1H3. The first-order valence-corrected chi connectivity index (χ1v) is 13.8.